The highest BCUT2D eigenvalue weighted by Gasteiger charge is 2.38. The number of hydrogen-bond acceptors (Lipinski definition) is 3. The standard InChI is InChI=1S/C13H25F3N2O/c1-10-8-19-11(2)7-18(10)12(3,9-17)5-4-6-13(14,15)16/h10-11H,4-9,17H2,1-3H3. The van der Waals surface area contributed by atoms with Gasteiger partial charge in [0.2, 0.25) is 0 Å². The number of nitrogens with two attached hydrogens (primary N) is 1. The summed E-state index contributed by atoms with van der Waals surface area (Å²) in [5.41, 5.74) is 5.45. The van der Waals surface area contributed by atoms with E-state index in [-0.39, 0.29) is 24.1 Å². The Labute approximate surface area is 113 Å². The second-order valence-electron chi connectivity index (χ2n) is 5.82. The molecule has 0 aliphatic carbocycles. The Hall–Kier alpha value is -0.330. The molecule has 1 aliphatic heterocycles. The summed E-state index contributed by atoms with van der Waals surface area (Å²) in [4.78, 5) is 2.21. The molecule has 19 heavy (non-hydrogen) atoms. The van der Waals surface area contributed by atoms with Crippen LogP contribution < -0.4 is 5.73 Å². The zero-order chi connectivity index (χ0) is 14.7. The third-order valence-electron chi connectivity index (χ3n) is 3.92. The van der Waals surface area contributed by atoms with Crippen molar-refractivity contribution in [3.8, 4) is 0 Å². The average molecular weight is 282 g/mol. The highest BCUT2D eigenvalue weighted by molar-refractivity contribution is 4.93. The molecule has 1 fully saturated rings. The van der Waals surface area contributed by atoms with E-state index in [4.69, 9.17) is 10.5 Å². The van der Waals surface area contributed by atoms with Crippen LogP contribution in [-0.2, 0) is 4.74 Å². The third kappa shape index (κ3) is 4.93. The van der Waals surface area contributed by atoms with Crippen molar-refractivity contribution >= 4 is 0 Å². The highest BCUT2D eigenvalue weighted by Crippen LogP contribution is 2.30. The fraction of sp³-hybridized carbons (Fsp3) is 1.00. The number of alkyl halides is 3. The van der Waals surface area contributed by atoms with Gasteiger partial charge in [-0.2, -0.15) is 13.2 Å². The lowest BCUT2D eigenvalue weighted by molar-refractivity contribution is -0.138. The molecule has 0 spiro atoms. The Morgan fingerprint density at radius 1 is 1.26 bits per heavy atom. The maximum Gasteiger partial charge on any atom is 0.389 e. The fourth-order valence-corrected chi connectivity index (χ4v) is 2.69. The number of hydrogen-bond donors (Lipinski definition) is 1. The van der Waals surface area contributed by atoms with Gasteiger partial charge in [0.05, 0.1) is 12.7 Å². The van der Waals surface area contributed by atoms with Crippen molar-refractivity contribution in [2.75, 3.05) is 19.7 Å². The predicted molar refractivity (Wildman–Crippen MR) is 68.9 cm³/mol. The SMILES string of the molecule is CC1CN(C(C)(CN)CCCC(F)(F)F)C(C)CO1. The molecular formula is C13H25F3N2O. The maximum atomic E-state index is 12.3. The van der Waals surface area contributed by atoms with Gasteiger partial charge in [0.15, 0.2) is 0 Å². The smallest absolute Gasteiger partial charge is 0.376 e. The van der Waals surface area contributed by atoms with E-state index in [1.54, 1.807) is 0 Å². The molecular weight excluding hydrogens is 257 g/mol. The molecule has 3 unspecified atom stereocenters. The van der Waals surface area contributed by atoms with Gasteiger partial charge in [-0.25, -0.2) is 0 Å². The van der Waals surface area contributed by atoms with E-state index >= 15 is 0 Å². The number of nitrogens with zero attached hydrogens (tertiary/aromatic N) is 1. The highest BCUT2D eigenvalue weighted by atomic mass is 19.4. The normalized spacial score (nSPS) is 29.2. The average Bonchev–Trinajstić information content (AvgIpc) is 2.30. The lowest BCUT2D eigenvalue weighted by Crippen LogP contribution is -2.61. The van der Waals surface area contributed by atoms with E-state index < -0.39 is 12.6 Å². The lowest BCUT2D eigenvalue weighted by atomic mass is 9.90. The first-order valence-corrected chi connectivity index (χ1v) is 6.83. The van der Waals surface area contributed by atoms with Crippen molar-refractivity contribution in [1.82, 2.24) is 4.90 Å². The summed E-state index contributed by atoms with van der Waals surface area (Å²) in [5, 5.41) is 0. The Balaban J connectivity index is 2.62. The van der Waals surface area contributed by atoms with Crippen LogP contribution in [0, 0.1) is 0 Å². The van der Waals surface area contributed by atoms with Gasteiger partial charge >= 0.3 is 6.18 Å². The first-order chi connectivity index (χ1) is 8.68. The zero-order valence-corrected chi connectivity index (χ0v) is 12.0. The van der Waals surface area contributed by atoms with Gasteiger partial charge in [-0.1, -0.05) is 0 Å². The Morgan fingerprint density at radius 3 is 2.42 bits per heavy atom. The van der Waals surface area contributed by atoms with Crippen LogP contribution >= 0.6 is 0 Å². The molecule has 0 bridgehead atoms. The molecule has 6 heteroatoms. The summed E-state index contributed by atoms with van der Waals surface area (Å²) in [6.45, 7) is 7.66. The molecule has 0 amide bonds. The van der Waals surface area contributed by atoms with Crippen LogP contribution in [0.4, 0.5) is 13.2 Å². The molecule has 0 radical (unpaired) electrons. The first kappa shape index (κ1) is 16.7. The molecule has 0 aromatic carbocycles. The van der Waals surface area contributed by atoms with E-state index in [0.717, 1.165) is 6.54 Å². The summed E-state index contributed by atoms with van der Waals surface area (Å²) in [6.07, 6.45) is -4.14. The van der Waals surface area contributed by atoms with Crippen molar-refractivity contribution in [3.63, 3.8) is 0 Å². The lowest BCUT2D eigenvalue weighted by Gasteiger charge is -2.48. The van der Waals surface area contributed by atoms with Crippen LogP contribution in [0.25, 0.3) is 0 Å². The van der Waals surface area contributed by atoms with Crippen LogP contribution in [0.5, 0.6) is 0 Å². The third-order valence-corrected chi connectivity index (χ3v) is 3.92. The van der Waals surface area contributed by atoms with Crippen LogP contribution in [0.3, 0.4) is 0 Å². The molecule has 1 aliphatic rings. The van der Waals surface area contributed by atoms with E-state index in [9.17, 15) is 13.2 Å². The Bertz CT molecular complexity index is 286. The molecule has 1 saturated heterocycles. The molecule has 0 saturated carbocycles. The summed E-state index contributed by atoms with van der Waals surface area (Å²) >= 11 is 0. The van der Waals surface area contributed by atoms with Gasteiger partial charge in [0, 0.05) is 31.1 Å². The minimum Gasteiger partial charge on any atom is -0.376 e. The van der Waals surface area contributed by atoms with Crippen molar-refractivity contribution in [1.29, 1.82) is 0 Å². The van der Waals surface area contributed by atoms with Gasteiger partial charge in [-0.3, -0.25) is 4.90 Å². The largest absolute Gasteiger partial charge is 0.389 e. The van der Waals surface area contributed by atoms with Crippen molar-refractivity contribution in [2.45, 2.75) is 63.9 Å². The van der Waals surface area contributed by atoms with E-state index in [2.05, 4.69) is 4.90 Å². The molecule has 3 nitrogen and oxygen atoms in total. The molecule has 1 rings (SSSR count). The predicted octanol–water partition coefficient (Wildman–Crippen LogP) is 2.55. The van der Waals surface area contributed by atoms with Crippen molar-refractivity contribution in [3.05, 3.63) is 0 Å². The van der Waals surface area contributed by atoms with Crippen LogP contribution in [0.15, 0.2) is 0 Å². The first-order valence-electron chi connectivity index (χ1n) is 6.83. The summed E-state index contributed by atoms with van der Waals surface area (Å²) in [5.74, 6) is 0. The van der Waals surface area contributed by atoms with Crippen molar-refractivity contribution < 1.29 is 17.9 Å². The fourth-order valence-electron chi connectivity index (χ4n) is 2.69. The minimum absolute atomic E-state index is 0.102. The number of ether oxygens (including phenoxy) is 1. The van der Waals surface area contributed by atoms with E-state index in [1.165, 1.54) is 0 Å². The Morgan fingerprint density at radius 2 is 1.89 bits per heavy atom. The zero-order valence-electron chi connectivity index (χ0n) is 12.0. The molecule has 0 aromatic heterocycles. The second kappa shape index (κ2) is 6.41. The summed E-state index contributed by atoms with van der Waals surface area (Å²) in [7, 11) is 0. The van der Waals surface area contributed by atoms with E-state index in [1.807, 2.05) is 20.8 Å². The van der Waals surface area contributed by atoms with Crippen LogP contribution in [0.2, 0.25) is 0 Å². The summed E-state index contributed by atoms with van der Waals surface area (Å²) < 4.78 is 42.3. The maximum absolute atomic E-state index is 12.3. The quantitative estimate of drug-likeness (QED) is 0.842. The minimum atomic E-state index is -4.08. The molecule has 2 N–H and O–H groups in total. The topological polar surface area (TPSA) is 38.5 Å². The molecule has 114 valence electrons. The number of morpholine rings is 1. The number of halogens is 3. The second-order valence-corrected chi connectivity index (χ2v) is 5.82. The Kier molecular flexibility index (Phi) is 5.65. The monoisotopic (exact) mass is 282 g/mol. The van der Waals surface area contributed by atoms with E-state index in [0.29, 0.717) is 19.6 Å². The number of rotatable bonds is 5. The van der Waals surface area contributed by atoms with Crippen LogP contribution in [-0.4, -0.2) is 48.5 Å². The molecule has 3 atom stereocenters. The molecule has 0 aromatic rings. The van der Waals surface area contributed by atoms with Crippen molar-refractivity contribution in [2.24, 2.45) is 5.73 Å². The summed E-state index contributed by atoms with van der Waals surface area (Å²) in [6, 6.07) is 0.190. The van der Waals surface area contributed by atoms with Gasteiger partial charge in [-0.05, 0) is 33.6 Å². The van der Waals surface area contributed by atoms with Crippen LogP contribution in [0.1, 0.15) is 40.0 Å². The molecule has 1 heterocycles. The van der Waals surface area contributed by atoms with Gasteiger partial charge < -0.3 is 10.5 Å². The van der Waals surface area contributed by atoms with Gasteiger partial charge in [-0.15, -0.1) is 0 Å². The van der Waals surface area contributed by atoms with Gasteiger partial charge in [0.25, 0.3) is 0 Å². The van der Waals surface area contributed by atoms with Gasteiger partial charge in [0.1, 0.15) is 0 Å².